The molecule has 6 N–H and O–H groups in total. The number of hydrogen-bond acceptors (Lipinski definition) is 12. The van der Waals surface area contributed by atoms with Gasteiger partial charge in [-0.2, -0.15) is 33.7 Å². The van der Waals surface area contributed by atoms with Gasteiger partial charge in [-0.3, -0.25) is 23.2 Å². The molecule has 53 heavy (non-hydrogen) atoms. The largest absolute Gasteiger partial charge is 0.478 e. The highest BCUT2D eigenvalue weighted by molar-refractivity contribution is 7.87. The van der Waals surface area contributed by atoms with Crippen LogP contribution in [0.4, 0.5) is 5.69 Å². The van der Waals surface area contributed by atoms with Crippen molar-refractivity contribution < 1.29 is 66.5 Å². The van der Waals surface area contributed by atoms with Crippen molar-refractivity contribution >= 4 is 68.8 Å². The first-order chi connectivity index (χ1) is 24.1. The zero-order valence-electron chi connectivity index (χ0n) is 27.9. The second kappa shape index (κ2) is 12.0. The number of anilines is 1. The van der Waals surface area contributed by atoms with Crippen molar-refractivity contribution in [2.45, 2.75) is 48.6 Å². The Morgan fingerprint density at radius 1 is 0.736 bits per heavy atom. The molecule has 21 heteroatoms. The smallest absolute Gasteiger partial charge is 0.336 e. The molecule has 0 spiro atoms. The minimum Gasteiger partial charge on any atom is -0.478 e. The molecule has 0 fully saturated rings. The highest BCUT2D eigenvalue weighted by atomic mass is 32.2. The fourth-order valence-electron chi connectivity index (χ4n) is 6.82. The minimum absolute atomic E-state index is 0.154. The van der Waals surface area contributed by atoms with E-state index in [1.807, 2.05) is 0 Å². The number of nitrogens with one attached hydrogen (secondary N) is 1. The molecule has 3 heterocycles. The van der Waals surface area contributed by atoms with Crippen molar-refractivity contribution in [2.75, 3.05) is 16.8 Å². The van der Waals surface area contributed by atoms with Gasteiger partial charge in [-0.1, -0.05) is 30.4 Å². The summed E-state index contributed by atoms with van der Waals surface area (Å²) in [6.07, 6.45) is 2.69. The van der Waals surface area contributed by atoms with E-state index in [2.05, 4.69) is 10.3 Å². The molecule has 0 atom stereocenters. The van der Waals surface area contributed by atoms with E-state index >= 15 is 0 Å². The lowest BCUT2D eigenvalue weighted by atomic mass is 9.84. The minimum atomic E-state index is -5.47. The Labute approximate surface area is 303 Å². The predicted octanol–water partition coefficient (Wildman–Crippen LogP) is 2.39. The average molecular weight is 811 g/mol. The first-order valence-electron chi connectivity index (χ1n) is 15.2. The van der Waals surface area contributed by atoms with Crippen LogP contribution >= 0.6 is 0 Å². The Morgan fingerprint density at radius 2 is 1.30 bits per heavy atom. The lowest BCUT2D eigenvalue weighted by molar-refractivity contribution is 0.0696. The monoisotopic (exact) mass is 810 g/mol. The molecule has 0 saturated carbocycles. The molecular weight excluding hydrogens is 781 g/mol. The third kappa shape index (κ3) is 7.25. The molecule has 3 aliphatic heterocycles. The van der Waals surface area contributed by atoms with Crippen LogP contribution in [-0.2, 0) is 40.5 Å². The highest BCUT2D eigenvalue weighted by Crippen LogP contribution is 2.50. The van der Waals surface area contributed by atoms with Crippen LogP contribution in [0.25, 0.3) is 16.7 Å². The Bertz CT molecular complexity index is 2860. The van der Waals surface area contributed by atoms with Gasteiger partial charge in [0, 0.05) is 27.5 Å². The number of nitrogens with zero attached hydrogens (tertiary/aromatic N) is 1. The van der Waals surface area contributed by atoms with E-state index in [-0.39, 0.29) is 44.2 Å². The van der Waals surface area contributed by atoms with E-state index in [0.717, 1.165) is 6.07 Å². The van der Waals surface area contributed by atoms with Crippen LogP contribution in [0, 0.1) is 0 Å². The summed E-state index contributed by atoms with van der Waals surface area (Å²) in [5, 5.41) is 12.2. The molecule has 3 aromatic carbocycles. The van der Waals surface area contributed by atoms with Gasteiger partial charge in [0.2, 0.25) is 0 Å². The summed E-state index contributed by atoms with van der Waals surface area (Å²) in [6.45, 7) is 5.93. The molecule has 0 amide bonds. The standard InChI is InChI=1S/C32H30N2O15S4/c1-31(2)11-15(13-50(37,38)39)19-9-21-23(17-7-5-6-8-18(17)30(35)36)22-10-20-16(14-51(40,41)42)12-32(3,4)34-25(20)29(53(46,47)48)27(22)49-26(21)28(24(19)33-31)52(43,44)45/h5-12,33H,13-14H2,1-4H3,(H,35,36)(H,37,38,39)(H,40,41,42)(H,43,44,45)(H,46,47,48). The van der Waals surface area contributed by atoms with Crippen LogP contribution in [0.15, 0.2) is 63.3 Å². The van der Waals surface area contributed by atoms with Gasteiger partial charge in [0.1, 0.15) is 11.5 Å². The number of carbonyl (C=O) groups is 1. The van der Waals surface area contributed by atoms with Crippen molar-refractivity contribution in [1.29, 1.82) is 0 Å². The zero-order chi connectivity index (χ0) is 39.4. The van der Waals surface area contributed by atoms with E-state index in [1.165, 1.54) is 70.2 Å². The molecule has 0 radical (unpaired) electrons. The first kappa shape index (κ1) is 38.3. The lowest BCUT2D eigenvalue weighted by Gasteiger charge is -2.35. The number of fused-ring (bicyclic) bond motifs is 4. The van der Waals surface area contributed by atoms with Gasteiger partial charge in [-0.05, 0) is 62.6 Å². The molecular formula is C32H30N2O15S4. The first-order valence-corrected chi connectivity index (χ1v) is 21.3. The molecule has 0 aliphatic carbocycles. The van der Waals surface area contributed by atoms with E-state index in [0.29, 0.717) is 0 Å². The van der Waals surface area contributed by atoms with Crippen molar-refractivity contribution in [3.8, 4) is 11.5 Å². The summed E-state index contributed by atoms with van der Waals surface area (Å²) < 4.78 is 149. The van der Waals surface area contributed by atoms with Gasteiger partial charge in [-0.25, -0.2) is 4.79 Å². The van der Waals surface area contributed by atoms with Crippen LogP contribution in [0.2, 0.25) is 0 Å². The van der Waals surface area contributed by atoms with E-state index in [9.17, 15) is 61.8 Å². The summed E-state index contributed by atoms with van der Waals surface area (Å²) in [4.78, 5) is 14.9. The maximum atomic E-state index is 13.4. The van der Waals surface area contributed by atoms with Crippen LogP contribution in [0.1, 0.15) is 60.3 Å². The van der Waals surface area contributed by atoms with Gasteiger partial charge in [0.05, 0.1) is 27.7 Å². The molecule has 282 valence electrons. The SMILES string of the molecule is CC1(C)C=C(CS(=O)(=O)O)c2cc3c(c(S(=O)(=O)O)c2=N1)Oc1c(cc2c(c1S(=O)(=O)O)NC(C)(C)C=C2CS(=O)(=O)O)C=3c1ccccc1C(=O)O. The Morgan fingerprint density at radius 3 is 1.85 bits per heavy atom. The van der Waals surface area contributed by atoms with E-state index in [4.69, 9.17) is 4.74 Å². The van der Waals surface area contributed by atoms with Crippen molar-refractivity contribution in [2.24, 2.45) is 4.99 Å². The van der Waals surface area contributed by atoms with Crippen LogP contribution in [-0.4, -0.2) is 85.5 Å². The third-order valence-corrected chi connectivity index (χ3v) is 11.6. The zero-order valence-corrected chi connectivity index (χ0v) is 31.2. The number of aromatic carboxylic acids is 1. The summed E-state index contributed by atoms with van der Waals surface area (Å²) in [5.41, 5.74) is -5.08. The highest BCUT2D eigenvalue weighted by Gasteiger charge is 2.41. The molecule has 0 aromatic heterocycles. The quantitative estimate of drug-likeness (QED) is 0.139. The number of benzene rings is 3. The van der Waals surface area contributed by atoms with Gasteiger partial charge >= 0.3 is 5.97 Å². The van der Waals surface area contributed by atoms with Gasteiger partial charge in [-0.15, -0.1) is 0 Å². The summed E-state index contributed by atoms with van der Waals surface area (Å²) >= 11 is 0. The number of rotatable bonds is 8. The van der Waals surface area contributed by atoms with Crippen molar-refractivity contribution in [3.63, 3.8) is 0 Å². The normalized spacial score (nSPS) is 17.4. The van der Waals surface area contributed by atoms with Gasteiger partial charge < -0.3 is 15.2 Å². The maximum absolute atomic E-state index is 13.4. The van der Waals surface area contributed by atoms with Crippen molar-refractivity contribution in [3.05, 3.63) is 86.9 Å². The third-order valence-electron chi connectivity index (χ3n) is 8.41. The summed E-state index contributed by atoms with van der Waals surface area (Å²) in [6, 6.07) is 7.53. The van der Waals surface area contributed by atoms with Crippen LogP contribution < -0.4 is 20.6 Å². The molecule has 0 bridgehead atoms. The number of carboxylic acid groups (broad SMARTS) is 1. The Kier molecular flexibility index (Phi) is 8.67. The predicted molar refractivity (Wildman–Crippen MR) is 189 cm³/mol. The second-order valence-electron chi connectivity index (χ2n) is 13.7. The Hall–Kier alpha value is -4.48. The van der Waals surface area contributed by atoms with Gasteiger partial charge in [0.15, 0.2) is 21.3 Å². The lowest BCUT2D eigenvalue weighted by Crippen LogP contribution is -2.36. The second-order valence-corrected chi connectivity index (χ2v) is 19.3. The molecule has 0 saturated heterocycles. The molecule has 3 aliphatic rings. The van der Waals surface area contributed by atoms with Gasteiger partial charge in [0.25, 0.3) is 40.5 Å². The summed E-state index contributed by atoms with van der Waals surface area (Å²) in [7, 11) is -20.5. The maximum Gasteiger partial charge on any atom is 0.336 e. The number of hydrogen-bond donors (Lipinski definition) is 6. The molecule has 17 nitrogen and oxygen atoms in total. The average Bonchev–Trinajstić information content (AvgIpc) is 2.94. The number of carboxylic acids is 1. The summed E-state index contributed by atoms with van der Waals surface area (Å²) in [5.74, 6) is -5.20. The van der Waals surface area contributed by atoms with Crippen LogP contribution in [0.3, 0.4) is 0 Å². The molecule has 3 aromatic rings. The van der Waals surface area contributed by atoms with Crippen molar-refractivity contribution in [1.82, 2.24) is 0 Å². The number of ether oxygens (including phenoxy) is 1. The fraction of sp³-hybridized carbons (Fsp3) is 0.250. The molecule has 6 rings (SSSR count). The van der Waals surface area contributed by atoms with E-state index in [1.54, 1.807) is 0 Å². The van der Waals surface area contributed by atoms with Crippen LogP contribution in [0.5, 0.6) is 11.5 Å². The fourth-order valence-corrected chi connectivity index (χ4v) is 9.67. The molecule has 0 unspecified atom stereocenters. The van der Waals surface area contributed by atoms with E-state index < -0.39 is 107 Å². The Balaban J connectivity index is 1.94. The topological polar surface area (TPSA) is 288 Å².